The molecule has 0 radical (unpaired) electrons. The Kier molecular flexibility index (Phi) is 3.00. The molecule has 1 unspecified atom stereocenters. The van der Waals surface area contributed by atoms with Crippen molar-refractivity contribution in [3.63, 3.8) is 0 Å². The zero-order chi connectivity index (χ0) is 11.7. The van der Waals surface area contributed by atoms with Gasteiger partial charge in [0, 0.05) is 16.5 Å². The molecule has 2 N–H and O–H groups in total. The molecule has 16 heavy (non-hydrogen) atoms. The van der Waals surface area contributed by atoms with Crippen molar-refractivity contribution in [1.29, 1.82) is 0 Å². The van der Waals surface area contributed by atoms with Gasteiger partial charge in [0.15, 0.2) is 0 Å². The highest BCUT2D eigenvalue weighted by Gasteiger charge is 2.24. The van der Waals surface area contributed by atoms with Crippen molar-refractivity contribution >= 4 is 22.0 Å². The summed E-state index contributed by atoms with van der Waals surface area (Å²) in [5, 5.41) is 10.8. The van der Waals surface area contributed by atoms with E-state index >= 15 is 0 Å². The highest BCUT2D eigenvalue weighted by Crippen LogP contribution is 2.30. The number of carbonyl (C=O) groups is 1. The van der Waals surface area contributed by atoms with Gasteiger partial charge in [0.2, 0.25) is 0 Å². The van der Waals surface area contributed by atoms with Gasteiger partial charge >= 0.3 is 6.09 Å². The van der Waals surface area contributed by atoms with Crippen LogP contribution in [0, 0.1) is 5.82 Å². The zero-order valence-corrected chi connectivity index (χ0v) is 9.75. The predicted molar refractivity (Wildman–Crippen MR) is 58.2 cm³/mol. The van der Waals surface area contributed by atoms with Gasteiger partial charge in [-0.2, -0.15) is 0 Å². The maximum absolute atomic E-state index is 13.6. The number of fused-ring (bicyclic) bond motifs is 1. The van der Waals surface area contributed by atoms with Crippen LogP contribution in [0.1, 0.15) is 5.56 Å². The van der Waals surface area contributed by atoms with Crippen molar-refractivity contribution in [2.24, 2.45) is 0 Å². The van der Waals surface area contributed by atoms with E-state index in [9.17, 15) is 9.18 Å². The van der Waals surface area contributed by atoms with Crippen LogP contribution in [0.15, 0.2) is 16.6 Å². The van der Waals surface area contributed by atoms with Crippen LogP contribution < -0.4 is 10.1 Å². The van der Waals surface area contributed by atoms with Crippen LogP contribution in [0.25, 0.3) is 0 Å². The number of halogens is 2. The number of nitrogens with one attached hydrogen (secondary N) is 1. The van der Waals surface area contributed by atoms with E-state index in [0.29, 0.717) is 22.2 Å². The number of amides is 1. The number of hydrogen-bond donors (Lipinski definition) is 2. The lowest BCUT2D eigenvalue weighted by molar-refractivity contribution is 0.175. The van der Waals surface area contributed by atoms with Gasteiger partial charge in [-0.1, -0.05) is 15.9 Å². The molecule has 2 rings (SSSR count). The molecular weight excluding hydrogens is 281 g/mol. The van der Waals surface area contributed by atoms with Crippen LogP contribution in [0.2, 0.25) is 0 Å². The predicted octanol–water partition coefficient (Wildman–Crippen LogP) is 2.16. The molecule has 4 nitrogen and oxygen atoms in total. The second-order valence-electron chi connectivity index (χ2n) is 3.53. The summed E-state index contributed by atoms with van der Waals surface area (Å²) in [5.41, 5.74) is 0.410. The van der Waals surface area contributed by atoms with Crippen molar-refractivity contribution in [1.82, 2.24) is 5.32 Å². The first-order valence-corrected chi connectivity index (χ1v) is 5.45. The molecule has 1 aromatic rings. The minimum atomic E-state index is -1.13. The molecule has 1 aliphatic rings. The normalized spacial score (nSPS) is 18.5. The van der Waals surface area contributed by atoms with E-state index in [-0.39, 0.29) is 12.4 Å². The molecule has 0 saturated heterocycles. The van der Waals surface area contributed by atoms with Gasteiger partial charge in [-0.15, -0.1) is 0 Å². The second kappa shape index (κ2) is 4.29. The van der Waals surface area contributed by atoms with Gasteiger partial charge in [-0.05, 0) is 12.1 Å². The van der Waals surface area contributed by atoms with Crippen molar-refractivity contribution < 1.29 is 19.0 Å². The summed E-state index contributed by atoms with van der Waals surface area (Å²) in [7, 11) is 0. The number of benzene rings is 1. The molecule has 1 aliphatic heterocycles. The molecule has 0 aromatic heterocycles. The van der Waals surface area contributed by atoms with E-state index in [1.807, 2.05) is 0 Å². The van der Waals surface area contributed by atoms with Gasteiger partial charge in [-0.3, -0.25) is 0 Å². The van der Waals surface area contributed by atoms with E-state index in [2.05, 4.69) is 21.2 Å². The smallest absolute Gasteiger partial charge is 0.405 e. The van der Waals surface area contributed by atoms with E-state index in [4.69, 9.17) is 9.84 Å². The van der Waals surface area contributed by atoms with E-state index in [0.717, 1.165) is 0 Å². The highest BCUT2D eigenvalue weighted by atomic mass is 79.9. The SMILES string of the molecule is O=C(O)NC1COc2cc(Br)cc(F)c2C1. The lowest BCUT2D eigenvalue weighted by Crippen LogP contribution is -2.42. The number of ether oxygens (including phenoxy) is 1. The molecule has 0 spiro atoms. The lowest BCUT2D eigenvalue weighted by Gasteiger charge is -2.25. The van der Waals surface area contributed by atoms with Gasteiger partial charge in [-0.25, -0.2) is 9.18 Å². The molecule has 1 amide bonds. The number of rotatable bonds is 1. The van der Waals surface area contributed by atoms with Gasteiger partial charge < -0.3 is 15.2 Å². The van der Waals surface area contributed by atoms with Crippen LogP contribution in [0.3, 0.4) is 0 Å². The highest BCUT2D eigenvalue weighted by molar-refractivity contribution is 9.10. The first-order chi connectivity index (χ1) is 7.56. The molecule has 6 heteroatoms. The van der Waals surface area contributed by atoms with Crippen LogP contribution in [0.4, 0.5) is 9.18 Å². The summed E-state index contributed by atoms with van der Waals surface area (Å²) in [6, 6.07) is 2.61. The summed E-state index contributed by atoms with van der Waals surface area (Å²) in [6.45, 7) is 0.217. The average Bonchev–Trinajstić information content (AvgIpc) is 2.18. The molecule has 1 atom stereocenters. The molecule has 0 fully saturated rings. The number of hydrogen-bond acceptors (Lipinski definition) is 2. The van der Waals surface area contributed by atoms with E-state index in [1.165, 1.54) is 6.07 Å². The Labute approximate surface area is 99.5 Å². The maximum atomic E-state index is 13.6. The van der Waals surface area contributed by atoms with Crippen molar-refractivity contribution in [2.75, 3.05) is 6.61 Å². The third-order valence-corrected chi connectivity index (χ3v) is 2.80. The summed E-state index contributed by atoms with van der Waals surface area (Å²) in [4.78, 5) is 10.5. The van der Waals surface area contributed by atoms with Crippen molar-refractivity contribution in [3.8, 4) is 5.75 Å². The topological polar surface area (TPSA) is 58.6 Å². The average molecular weight is 290 g/mol. The standard InChI is InChI=1S/C10H9BrFNO3/c11-5-1-8(12)7-3-6(13-10(14)15)4-16-9(7)2-5/h1-2,6,13H,3-4H2,(H,14,15). The zero-order valence-electron chi connectivity index (χ0n) is 8.17. The molecule has 0 aliphatic carbocycles. The Morgan fingerprint density at radius 1 is 1.62 bits per heavy atom. The lowest BCUT2D eigenvalue weighted by atomic mass is 10.0. The monoisotopic (exact) mass is 289 g/mol. The molecular formula is C10H9BrFNO3. The molecule has 0 saturated carbocycles. The first-order valence-electron chi connectivity index (χ1n) is 4.66. The Balaban J connectivity index is 2.23. The van der Waals surface area contributed by atoms with Crippen LogP contribution in [-0.4, -0.2) is 23.8 Å². The maximum Gasteiger partial charge on any atom is 0.405 e. The van der Waals surface area contributed by atoms with Crippen LogP contribution >= 0.6 is 15.9 Å². The van der Waals surface area contributed by atoms with Gasteiger partial charge in [0.05, 0.1) is 6.04 Å². The van der Waals surface area contributed by atoms with Crippen molar-refractivity contribution in [3.05, 3.63) is 28.0 Å². The largest absolute Gasteiger partial charge is 0.491 e. The Bertz CT molecular complexity index is 438. The fraction of sp³-hybridized carbons (Fsp3) is 0.300. The van der Waals surface area contributed by atoms with E-state index in [1.54, 1.807) is 6.07 Å². The Morgan fingerprint density at radius 2 is 2.38 bits per heavy atom. The Morgan fingerprint density at radius 3 is 3.06 bits per heavy atom. The quantitative estimate of drug-likeness (QED) is 0.833. The molecule has 86 valence electrons. The van der Waals surface area contributed by atoms with Crippen molar-refractivity contribution in [2.45, 2.75) is 12.5 Å². The second-order valence-corrected chi connectivity index (χ2v) is 4.44. The van der Waals surface area contributed by atoms with E-state index < -0.39 is 12.1 Å². The molecule has 0 bridgehead atoms. The van der Waals surface area contributed by atoms with Crippen LogP contribution in [-0.2, 0) is 6.42 Å². The summed E-state index contributed by atoms with van der Waals surface area (Å²) < 4.78 is 19.5. The summed E-state index contributed by atoms with van der Waals surface area (Å²) in [5.74, 6) is 0.0802. The summed E-state index contributed by atoms with van der Waals surface area (Å²) >= 11 is 3.17. The number of carboxylic acid groups (broad SMARTS) is 1. The van der Waals surface area contributed by atoms with Gasteiger partial charge in [0.1, 0.15) is 18.2 Å². The minimum Gasteiger partial charge on any atom is -0.491 e. The third-order valence-electron chi connectivity index (χ3n) is 2.34. The summed E-state index contributed by atoms with van der Waals surface area (Å²) in [6.07, 6.45) is -0.824. The third kappa shape index (κ3) is 2.27. The Hall–Kier alpha value is -1.30. The minimum absolute atomic E-state index is 0.217. The fourth-order valence-corrected chi connectivity index (χ4v) is 2.08. The first kappa shape index (κ1) is 11.2. The fourth-order valence-electron chi connectivity index (χ4n) is 1.67. The molecule has 1 heterocycles. The molecule has 1 aromatic carbocycles. The van der Waals surface area contributed by atoms with Gasteiger partial charge in [0.25, 0.3) is 0 Å². The van der Waals surface area contributed by atoms with Crippen LogP contribution in [0.5, 0.6) is 5.75 Å².